The zero-order chi connectivity index (χ0) is 42.1. The van der Waals surface area contributed by atoms with E-state index >= 15 is 4.39 Å². The van der Waals surface area contributed by atoms with Gasteiger partial charge in [-0.1, -0.05) is 50.2 Å². The summed E-state index contributed by atoms with van der Waals surface area (Å²) in [6.07, 6.45) is 4.31. The third kappa shape index (κ3) is 7.92. The van der Waals surface area contributed by atoms with Crippen molar-refractivity contribution in [1.82, 2.24) is 40.4 Å². The van der Waals surface area contributed by atoms with Gasteiger partial charge >= 0.3 is 12.2 Å². The van der Waals surface area contributed by atoms with E-state index in [0.29, 0.717) is 65.7 Å². The van der Waals surface area contributed by atoms with Gasteiger partial charge in [-0.15, -0.1) is 0 Å². The highest BCUT2D eigenvalue weighted by atomic mass is 19.1. The molecule has 2 fully saturated rings. The zero-order valence-corrected chi connectivity index (χ0v) is 33.3. The Labute approximate surface area is 344 Å². The first-order chi connectivity index (χ1) is 29.0. The Balaban J connectivity index is 0.975. The van der Waals surface area contributed by atoms with E-state index in [4.69, 9.17) is 14.1 Å². The van der Waals surface area contributed by atoms with E-state index < -0.39 is 30.1 Å². The first-order valence-electron chi connectivity index (χ1n) is 19.9. The number of amides is 4. The van der Waals surface area contributed by atoms with Gasteiger partial charge in [0, 0.05) is 35.8 Å². The van der Waals surface area contributed by atoms with Crippen molar-refractivity contribution in [3.63, 3.8) is 0 Å². The lowest BCUT2D eigenvalue weighted by atomic mass is 10.0. The van der Waals surface area contributed by atoms with E-state index in [1.165, 1.54) is 13.2 Å². The third-order valence-electron chi connectivity index (χ3n) is 11.3. The SMILES string of the molecule is COC(=O)N[C@@H](C(=O)N1CCC[C@H]1c1ncc(-c2ccc3oc(-c4ccc(-c5c[nH]c([C@@H]6CCCN6C(=O)[C@@H](NC(=O)O)C(C)C)n5)cc4F)cc3c2)[nH]1)c1ccccc1. The number of methoxy groups -OCH3 is 1. The fourth-order valence-electron chi connectivity index (χ4n) is 8.26. The molecule has 4 amide bonds. The molecule has 15 nitrogen and oxygen atoms in total. The number of ether oxygens (including phenoxy) is 1. The molecule has 4 atom stereocenters. The maximum atomic E-state index is 15.8. The molecule has 0 spiro atoms. The van der Waals surface area contributed by atoms with Gasteiger partial charge < -0.3 is 44.7 Å². The minimum absolute atomic E-state index is 0.241. The fourth-order valence-corrected chi connectivity index (χ4v) is 8.26. The zero-order valence-electron chi connectivity index (χ0n) is 33.3. The lowest BCUT2D eigenvalue weighted by molar-refractivity contribution is -0.135. The van der Waals surface area contributed by atoms with Crippen LogP contribution < -0.4 is 10.6 Å². The van der Waals surface area contributed by atoms with Gasteiger partial charge in [-0.2, -0.15) is 0 Å². The van der Waals surface area contributed by atoms with Gasteiger partial charge in [0.25, 0.3) is 5.91 Å². The molecule has 5 N–H and O–H groups in total. The average Bonchev–Trinajstić information content (AvgIpc) is 4.10. The highest BCUT2D eigenvalue weighted by Crippen LogP contribution is 2.37. The van der Waals surface area contributed by atoms with E-state index in [1.807, 2.05) is 36.4 Å². The number of nitrogens with zero attached hydrogens (tertiary/aromatic N) is 4. The number of H-pyrrole nitrogens is 2. The number of halogens is 1. The Morgan fingerprint density at radius 2 is 1.62 bits per heavy atom. The molecule has 3 aromatic heterocycles. The van der Waals surface area contributed by atoms with E-state index in [1.54, 1.807) is 66.4 Å². The maximum Gasteiger partial charge on any atom is 0.407 e. The van der Waals surface area contributed by atoms with Gasteiger partial charge in [0.2, 0.25) is 5.91 Å². The number of carboxylic acid groups (broad SMARTS) is 1. The summed E-state index contributed by atoms with van der Waals surface area (Å²) in [6.45, 7) is 4.57. The molecule has 0 radical (unpaired) electrons. The van der Waals surface area contributed by atoms with E-state index in [-0.39, 0.29) is 35.4 Å². The number of benzene rings is 3. The second kappa shape index (κ2) is 16.7. The second-order valence-corrected chi connectivity index (χ2v) is 15.4. The van der Waals surface area contributed by atoms with Gasteiger partial charge in [-0.3, -0.25) is 9.59 Å². The van der Waals surface area contributed by atoms with Crippen LogP contribution in [0.4, 0.5) is 14.0 Å². The number of aromatic nitrogens is 4. The molecule has 0 saturated carbocycles. The van der Waals surface area contributed by atoms with Crippen LogP contribution in [0.2, 0.25) is 0 Å². The van der Waals surface area contributed by atoms with Gasteiger partial charge in [0.05, 0.1) is 42.3 Å². The van der Waals surface area contributed by atoms with Gasteiger partial charge in [-0.05, 0) is 73.6 Å². The standard InChI is InChI=1S/C44H45FN8O7/c1-24(2)37(50-43(56)57)41(54)52-17-7-11-33(52)39-47-23-32(49-39)27-13-15-29(30(45)20-27)36-21-28-19-26(14-16-35(28)60-36)31-22-46-40(48-31)34-12-8-18-53(34)42(55)38(51-44(58)59-3)25-9-5-4-6-10-25/h4-6,9-10,13-16,19-24,33-34,37-38,50H,7-8,11-12,17-18H2,1-3H3,(H,46,48)(H,47,49)(H,51,58)(H,56,57)/t33-,34-,37-,38+/m0/s1. The van der Waals surface area contributed by atoms with Crippen LogP contribution in [0.1, 0.15) is 74.9 Å². The largest absolute Gasteiger partial charge is 0.465 e. The van der Waals surface area contributed by atoms with Crippen molar-refractivity contribution in [3.8, 4) is 33.8 Å². The molecule has 2 saturated heterocycles. The summed E-state index contributed by atoms with van der Waals surface area (Å²) in [7, 11) is 1.26. The normalized spacial score (nSPS) is 17.6. The molecule has 0 unspecified atom stereocenters. The summed E-state index contributed by atoms with van der Waals surface area (Å²) in [4.78, 5) is 70.3. The Morgan fingerprint density at radius 3 is 2.32 bits per heavy atom. The molecule has 2 aliphatic rings. The highest BCUT2D eigenvalue weighted by Gasteiger charge is 2.39. The average molecular weight is 817 g/mol. The van der Waals surface area contributed by atoms with Crippen molar-refractivity contribution in [3.05, 3.63) is 108 Å². The van der Waals surface area contributed by atoms with Crippen LogP contribution >= 0.6 is 0 Å². The topological polar surface area (TPSA) is 199 Å². The van der Waals surface area contributed by atoms with Crippen LogP contribution in [0.25, 0.3) is 44.8 Å². The fraction of sp³-hybridized carbons (Fsp3) is 0.318. The Morgan fingerprint density at radius 1 is 0.900 bits per heavy atom. The summed E-state index contributed by atoms with van der Waals surface area (Å²) in [5.41, 5.74) is 4.09. The predicted molar refractivity (Wildman–Crippen MR) is 219 cm³/mol. The van der Waals surface area contributed by atoms with E-state index in [0.717, 1.165) is 29.5 Å². The van der Waals surface area contributed by atoms with Crippen molar-refractivity contribution in [1.29, 1.82) is 0 Å². The number of alkyl carbamates (subject to hydrolysis) is 1. The monoisotopic (exact) mass is 816 g/mol. The van der Waals surface area contributed by atoms with Crippen molar-refractivity contribution in [2.75, 3.05) is 20.2 Å². The minimum Gasteiger partial charge on any atom is -0.465 e. The Bertz CT molecular complexity index is 2550. The van der Waals surface area contributed by atoms with E-state index in [9.17, 15) is 24.3 Å². The minimum atomic E-state index is -1.26. The van der Waals surface area contributed by atoms with Crippen LogP contribution in [-0.4, -0.2) is 85.1 Å². The van der Waals surface area contributed by atoms with Crippen LogP contribution in [0.15, 0.2) is 89.6 Å². The molecule has 6 aromatic rings. The van der Waals surface area contributed by atoms with Gasteiger partial charge in [-0.25, -0.2) is 23.9 Å². The molecule has 310 valence electrons. The number of imidazole rings is 2. The number of furan rings is 1. The number of likely N-dealkylation sites (tertiary alicyclic amines) is 2. The lowest BCUT2D eigenvalue weighted by Crippen LogP contribution is -2.50. The molecule has 60 heavy (non-hydrogen) atoms. The summed E-state index contributed by atoms with van der Waals surface area (Å²) in [5.74, 6) is 0.225. The molecular weight excluding hydrogens is 772 g/mol. The summed E-state index contributed by atoms with van der Waals surface area (Å²) in [5, 5.41) is 15.1. The van der Waals surface area contributed by atoms with E-state index in [2.05, 4.69) is 25.6 Å². The Kier molecular flexibility index (Phi) is 11.1. The first kappa shape index (κ1) is 39.8. The van der Waals surface area contributed by atoms with Crippen LogP contribution in [0, 0.1) is 11.7 Å². The number of hydrogen-bond donors (Lipinski definition) is 5. The molecule has 3 aromatic carbocycles. The van der Waals surface area contributed by atoms with Crippen molar-refractivity contribution >= 4 is 35.0 Å². The molecular formula is C44H45FN8O7. The van der Waals surface area contributed by atoms with Gasteiger partial charge in [0.15, 0.2) is 0 Å². The van der Waals surface area contributed by atoms with Gasteiger partial charge in [0.1, 0.15) is 40.9 Å². The van der Waals surface area contributed by atoms with Crippen molar-refractivity contribution in [2.24, 2.45) is 5.92 Å². The molecule has 2 aliphatic heterocycles. The quantitative estimate of drug-likeness (QED) is 0.0868. The second-order valence-electron chi connectivity index (χ2n) is 15.4. The van der Waals surface area contributed by atoms with Crippen molar-refractivity contribution in [2.45, 2.75) is 63.7 Å². The number of carbonyl (C=O) groups is 4. The number of aromatic amines is 2. The summed E-state index contributed by atoms with van der Waals surface area (Å²) in [6, 6.07) is 18.8. The summed E-state index contributed by atoms with van der Waals surface area (Å²) < 4.78 is 26.8. The number of rotatable bonds is 11. The number of carbonyl (C=O) groups excluding carboxylic acids is 3. The number of nitrogens with one attached hydrogen (secondary N) is 4. The third-order valence-corrected chi connectivity index (χ3v) is 11.3. The number of fused-ring (bicyclic) bond motifs is 1. The summed E-state index contributed by atoms with van der Waals surface area (Å²) >= 11 is 0. The van der Waals surface area contributed by atoms with Crippen LogP contribution in [-0.2, 0) is 14.3 Å². The Hall–Kier alpha value is -6.97. The van der Waals surface area contributed by atoms with Crippen molar-refractivity contribution < 1.29 is 37.8 Å². The molecule has 8 rings (SSSR count). The van der Waals surface area contributed by atoms with Crippen LogP contribution in [0.5, 0.6) is 0 Å². The highest BCUT2D eigenvalue weighted by molar-refractivity contribution is 5.89. The molecule has 0 aliphatic carbocycles. The lowest BCUT2D eigenvalue weighted by Gasteiger charge is -2.29. The number of hydrogen-bond acceptors (Lipinski definition) is 8. The predicted octanol–water partition coefficient (Wildman–Crippen LogP) is 7.74. The maximum absolute atomic E-state index is 15.8. The molecule has 0 bridgehead atoms. The molecule has 5 heterocycles. The van der Waals surface area contributed by atoms with Crippen LogP contribution in [0.3, 0.4) is 0 Å². The first-order valence-corrected chi connectivity index (χ1v) is 19.9. The molecule has 16 heteroatoms. The smallest absolute Gasteiger partial charge is 0.407 e.